The van der Waals surface area contributed by atoms with E-state index >= 15 is 0 Å². The van der Waals surface area contributed by atoms with Crippen molar-refractivity contribution in [3.05, 3.63) is 0 Å². The van der Waals surface area contributed by atoms with Crippen molar-refractivity contribution in [2.24, 2.45) is 0 Å². The minimum absolute atomic E-state index is 0. The first-order chi connectivity index (χ1) is 0. The molecule has 0 bridgehead atoms. The van der Waals surface area contributed by atoms with Crippen LogP contribution >= 0.6 is 0 Å². The van der Waals surface area contributed by atoms with Gasteiger partial charge in [0.1, 0.15) is 0 Å². The summed E-state index contributed by atoms with van der Waals surface area (Å²) in [6, 6.07) is 0. The molecule has 0 N–H and O–H groups in total. The summed E-state index contributed by atoms with van der Waals surface area (Å²) in [7, 11) is 0. The molecular weight excluding hydrogens is 362 g/mol. The van der Waals surface area contributed by atoms with E-state index in [1.165, 1.54) is 0 Å². The Labute approximate surface area is 131 Å². The van der Waals surface area contributed by atoms with Crippen molar-refractivity contribution in [1.82, 2.24) is 0 Å². The minimum atomic E-state index is 0. The van der Waals surface area contributed by atoms with Crippen LogP contribution in [0.15, 0.2) is 0 Å². The Morgan fingerprint density at radius 3 is 0.750 bits per heavy atom. The zero-order chi connectivity index (χ0) is 0. The first-order valence-electron chi connectivity index (χ1n) is 0. The maximum Gasteiger partial charge on any atom is 1.00 e. The molecule has 4 heavy (non-hydrogen) atoms. The Kier molecular flexibility index (Phi) is 94.0. The fourth-order valence-corrected chi connectivity index (χ4v) is 0. The van der Waals surface area contributed by atoms with Gasteiger partial charge in [-0.05, 0) is 0 Å². The van der Waals surface area contributed by atoms with Crippen LogP contribution in [0.3, 0.4) is 0 Å². The molecule has 0 unspecified atom stereocenters. The standard InChI is InChI=1S/2HI.Na.Rb/h2*1H;;/q;;2*+1/p-2. The van der Waals surface area contributed by atoms with Gasteiger partial charge in [0.2, 0.25) is 0 Å². The maximum absolute atomic E-state index is 0. The predicted molar refractivity (Wildman–Crippen MR) is 0 cm³/mol. The Morgan fingerprint density at radius 2 is 0.750 bits per heavy atom. The van der Waals surface area contributed by atoms with E-state index in [-0.39, 0.29) is 136 Å². The topological polar surface area (TPSA) is 0 Å². The molecule has 0 rings (SSSR count). The van der Waals surface area contributed by atoms with Gasteiger partial charge in [-0.2, -0.15) is 0 Å². The van der Waals surface area contributed by atoms with Gasteiger partial charge in [0.05, 0.1) is 0 Å². The number of rotatable bonds is 0. The maximum atomic E-state index is 0. The monoisotopic (exact) mass is 362 g/mol. The van der Waals surface area contributed by atoms with Gasteiger partial charge in [-0.3, -0.25) is 0 Å². The summed E-state index contributed by atoms with van der Waals surface area (Å²) >= 11 is 0. The number of hydrogen-bond acceptors (Lipinski definition) is 0. The van der Waals surface area contributed by atoms with Crippen LogP contribution in [-0.2, 0) is 0 Å². The first-order valence-corrected chi connectivity index (χ1v) is 0. The average molecular weight is 362 g/mol. The molecule has 0 saturated heterocycles. The Hall–Kier alpha value is 4.27. The molecular formula is I2NaRb. The van der Waals surface area contributed by atoms with Crippen molar-refractivity contribution in [3.63, 3.8) is 0 Å². The van der Waals surface area contributed by atoms with Crippen LogP contribution in [0.5, 0.6) is 0 Å². The van der Waals surface area contributed by atoms with Gasteiger partial charge in [-0.15, -0.1) is 0 Å². The molecule has 16 valence electrons. The van der Waals surface area contributed by atoms with Crippen LogP contribution in [0.1, 0.15) is 0 Å². The predicted octanol–water partition coefficient (Wildman–Crippen LogP) is -12.0. The Bertz CT molecular complexity index is 6.00. The molecule has 0 saturated carbocycles. The van der Waals surface area contributed by atoms with Crippen molar-refractivity contribution in [3.8, 4) is 0 Å². The van der Waals surface area contributed by atoms with Crippen molar-refractivity contribution in [2.75, 3.05) is 0 Å². The molecule has 0 amide bonds. The first kappa shape index (κ1) is 24.0. The Balaban J connectivity index is 0. The van der Waals surface area contributed by atoms with Crippen LogP contribution in [0.25, 0.3) is 0 Å². The fourth-order valence-electron chi connectivity index (χ4n) is 0. The van der Waals surface area contributed by atoms with E-state index in [1.807, 2.05) is 0 Å². The summed E-state index contributed by atoms with van der Waals surface area (Å²) in [5.41, 5.74) is 0. The number of hydrogen-bond donors (Lipinski definition) is 0. The zero-order valence-electron chi connectivity index (χ0n) is 2.76. The summed E-state index contributed by atoms with van der Waals surface area (Å²) in [5.74, 6) is 0. The summed E-state index contributed by atoms with van der Waals surface area (Å²) < 4.78 is 0. The van der Waals surface area contributed by atoms with Crippen LogP contribution < -0.4 is 136 Å². The second kappa shape index (κ2) is 15.7. The van der Waals surface area contributed by atoms with E-state index in [2.05, 4.69) is 0 Å². The molecule has 0 aromatic carbocycles. The van der Waals surface area contributed by atoms with Crippen LogP contribution in [0.2, 0.25) is 0 Å². The molecule has 0 spiro atoms. The molecule has 0 atom stereocenters. The van der Waals surface area contributed by atoms with E-state index in [1.54, 1.807) is 0 Å². The van der Waals surface area contributed by atoms with Crippen LogP contribution in [-0.4, -0.2) is 0 Å². The third-order valence-electron chi connectivity index (χ3n) is 0. The molecule has 0 radical (unpaired) electrons. The quantitative estimate of drug-likeness (QED) is 0.297. The average Bonchev–Trinajstić information content (AvgIpc) is 0. The van der Waals surface area contributed by atoms with Gasteiger partial charge in [-0.1, -0.05) is 0 Å². The molecule has 0 heterocycles. The van der Waals surface area contributed by atoms with Crippen molar-refractivity contribution in [1.29, 1.82) is 0 Å². The molecule has 0 aromatic rings. The van der Waals surface area contributed by atoms with Gasteiger partial charge in [0, 0.05) is 0 Å². The third kappa shape index (κ3) is 9.55. The van der Waals surface area contributed by atoms with Gasteiger partial charge >= 0.3 is 87.7 Å². The van der Waals surface area contributed by atoms with Crippen molar-refractivity contribution >= 4 is 0 Å². The second-order valence-electron chi connectivity index (χ2n) is 0. The fraction of sp³-hybridized carbons (Fsp3) is 0. The van der Waals surface area contributed by atoms with E-state index in [9.17, 15) is 0 Å². The van der Waals surface area contributed by atoms with Gasteiger partial charge in [0.25, 0.3) is 0 Å². The molecule has 0 fully saturated rings. The summed E-state index contributed by atoms with van der Waals surface area (Å²) in [6.45, 7) is 0. The molecule has 0 aliphatic carbocycles. The van der Waals surface area contributed by atoms with Crippen molar-refractivity contribution < 1.29 is 136 Å². The third-order valence-corrected chi connectivity index (χ3v) is 0. The number of halogens is 2. The summed E-state index contributed by atoms with van der Waals surface area (Å²) in [4.78, 5) is 0. The zero-order valence-corrected chi connectivity index (χ0v) is 14.0. The summed E-state index contributed by atoms with van der Waals surface area (Å²) in [6.07, 6.45) is 0. The molecule has 0 aromatic heterocycles. The molecule has 0 nitrogen and oxygen atoms in total. The van der Waals surface area contributed by atoms with Crippen LogP contribution in [0.4, 0.5) is 0 Å². The molecule has 0 aliphatic heterocycles. The second-order valence-corrected chi connectivity index (χ2v) is 0. The van der Waals surface area contributed by atoms with E-state index < -0.39 is 0 Å². The van der Waals surface area contributed by atoms with E-state index in [0.29, 0.717) is 0 Å². The van der Waals surface area contributed by atoms with Gasteiger partial charge in [-0.25, -0.2) is 0 Å². The minimum Gasteiger partial charge on any atom is -1.00 e. The Morgan fingerprint density at radius 1 is 0.750 bits per heavy atom. The van der Waals surface area contributed by atoms with Gasteiger partial charge < -0.3 is 48.0 Å². The molecule has 0 aliphatic rings. The SMILES string of the molecule is [I-].[I-].[Na+].[Rb+]. The van der Waals surface area contributed by atoms with E-state index in [4.69, 9.17) is 0 Å². The van der Waals surface area contributed by atoms with Crippen molar-refractivity contribution in [2.45, 2.75) is 0 Å². The summed E-state index contributed by atoms with van der Waals surface area (Å²) in [5, 5.41) is 0. The normalized spacial score (nSPS) is 0. The van der Waals surface area contributed by atoms with E-state index in [0.717, 1.165) is 0 Å². The largest absolute Gasteiger partial charge is 1.00 e. The van der Waals surface area contributed by atoms with Crippen LogP contribution in [0, 0.1) is 0 Å². The smallest absolute Gasteiger partial charge is 1.00 e. The van der Waals surface area contributed by atoms with Gasteiger partial charge in [0.15, 0.2) is 0 Å². The molecule has 4 heteroatoms.